The highest BCUT2D eigenvalue weighted by atomic mass is 32.2. The molecule has 0 aromatic rings. The highest BCUT2D eigenvalue weighted by Gasteiger charge is 2.07. The van der Waals surface area contributed by atoms with Gasteiger partial charge in [-0.1, -0.05) is 20.8 Å². The van der Waals surface area contributed by atoms with Gasteiger partial charge in [-0.25, -0.2) is 0 Å². The summed E-state index contributed by atoms with van der Waals surface area (Å²) in [7, 11) is 0. The molecule has 0 aliphatic rings. The van der Waals surface area contributed by atoms with Crippen molar-refractivity contribution in [3.8, 4) is 0 Å². The molecule has 0 radical (unpaired) electrons. The summed E-state index contributed by atoms with van der Waals surface area (Å²) in [5.41, 5.74) is 0. The van der Waals surface area contributed by atoms with Crippen LogP contribution >= 0.6 is 11.8 Å². The quantitative estimate of drug-likeness (QED) is 0.619. The second-order valence-corrected chi connectivity index (χ2v) is 5.87. The maximum atomic E-state index is 9.64. The third-order valence-corrected chi connectivity index (χ3v) is 3.18. The van der Waals surface area contributed by atoms with Gasteiger partial charge in [0.15, 0.2) is 0 Å². The van der Waals surface area contributed by atoms with E-state index < -0.39 is 6.10 Å². The van der Waals surface area contributed by atoms with E-state index in [2.05, 4.69) is 33.0 Å². The van der Waals surface area contributed by atoms with Crippen LogP contribution in [0.15, 0.2) is 0 Å². The highest BCUT2D eigenvalue weighted by Crippen LogP contribution is 2.01. The molecule has 0 bridgehead atoms. The zero-order valence-corrected chi connectivity index (χ0v) is 11.8. The number of aliphatic hydroxyl groups excluding tert-OH is 1. The minimum atomic E-state index is -0.396. The summed E-state index contributed by atoms with van der Waals surface area (Å²) in [6, 6.07) is 0.449. The molecule has 0 heterocycles. The van der Waals surface area contributed by atoms with Gasteiger partial charge in [-0.05, 0) is 18.6 Å². The van der Waals surface area contributed by atoms with Crippen LogP contribution in [-0.4, -0.2) is 48.5 Å². The predicted molar refractivity (Wildman–Crippen MR) is 72.1 cm³/mol. The molecule has 98 valence electrons. The molecule has 3 nitrogen and oxygen atoms in total. The van der Waals surface area contributed by atoms with Crippen LogP contribution in [0.4, 0.5) is 0 Å². The normalized spacial score (nSPS) is 15.4. The van der Waals surface area contributed by atoms with E-state index in [1.54, 1.807) is 0 Å². The molecule has 2 N–H and O–H groups in total. The lowest BCUT2D eigenvalue weighted by molar-refractivity contribution is 0.0255. The van der Waals surface area contributed by atoms with E-state index in [1.807, 2.05) is 11.8 Å². The summed E-state index contributed by atoms with van der Waals surface area (Å²) >= 11 is 1.91. The second kappa shape index (κ2) is 10.4. The first-order valence-corrected chi connectivity index (χ1v) is 7.28. The average Bonchev–Trinajstić information content (AvgIpc) is 2.23. The smallest absolute Gasteiger partial charge is 0.0897 e. The predicted octanol–water partition coefficient (Wildman–Crippen LogP) is 1.75. The first kappa shape index (κ1) is 16.2. The summed E-state index contributed by atoms with van der Waals surface area (Å²) in [4.78, 5) is 0. The standard InChI is InChI=1S/C12H27NO2S/c1-5-16-9-11(4)13-6-12(14)8-15-7-10(2)3/h10-14H,5-9H2,1-4H3. The molecule has 4 heteroatoms. The highest BCUT2D eigenvalue weighted by molar-refractivity contribution is 7.99. The van der Waals surface area contributed by atoms with Crippen LogP contribution in [0, 0.1) is 5.92 Å². The molecule has 2 unspecified atom stereocenters. The van der Waals surface area contributed by atoms with Crippen molar-refractivity contribution >= 4 is 11.8 Å². The third-order valence-electron chi connectivity index (χ3n) is 2.04. The summed E-state index contributed by atoms with van der Waals surface area (Å²) in [6.45, 7) is 10.3. The fourth-order valence-corrected chi connectivity index (χ4v) is 1.90. The first-order valence-electron chi connectivity index (χ1n) is 6.13. The van der Waals surface area contributed by atoms with Crippen LogP contribution in [0.3, 0.4) is 0 Å². The maximum Gasteiger partial charge on any atom is 0.0897 e. The van der Waals surface area contributed by atoms with Crippen LogP contribution in [0.1, 0.15) is 27.7 Å². The molecular weight excluding hydrogens is 222 g/mol. The zero-order valence-electron chi connectivity index (χ0n) is 11.0. The number of nitrogens with one attached hydrogen (secondary N) is 1. The molecule has 0 fully saturated rings. The SMILES string of the molecule is CCSCC(C)NCC(O)COCC(C)C. The third kappa shape index (κ3) is 10.7. The number of rotatable bonds is 10. The van der Waals surface area contributed by atoms with Gasteiger partial charge in [-0.15, -0.1) is 0 Å². The van der Waals surface area contributed by atoms with E-state index in [-0.39, 0.29) is 0 Å². The largest absolute Gasteiger partial charge is 0.389 e. The van der Waals surface area contributed by atoms with Crippen molar-refractivity contribution in [2.24, 2.45) is 5.92 Å². The molecule has 0 amide bonds. The number of thioether (sulfide) groups is 1. The van der Waals surface area contributed by atoms with E-state index in [0.717, 1.165) is 18.1 Å². The Bertz CT molecular complexity index is 156. The Morgan fingerprint density at radius 3 is 2.50 bits per heavy atom. The van der Waals surface area contributed by atoms with Gasteiger partial charge in [0.05, 0.1) is 12.7 Å². The topological polar surface area (TPSA) is 41.5 Å². The van der Waals surface area contributed by atoms with Gasteiger partial charge >= 0.3 is 0 Å². The number of hydrogen-bond acceptors (Lipinski definition) is 4. The van der Waals surface area contributed by atoms with Crippen molar-refractivity contribution in [3.05, 3.63) is 0 Å². The minimum Gasteiger partial charge on any atom is -0.389 e. The summed E-state index contributed by atoms with van der Waals surface area (Å²) in [5.74, 6) is 2.77. The number of hydrogen-bond donors (Lipinski definition) is 2. The molecule has 16 heavy (non-hydrogen) atoms. The molecule has 2 atom stereocenters. The van der Waals surface area contributed by atoms with Gasteiger partial charge in [0, 0.05) is 24.9 Å². The second-order valence-electron chi connectivity index (χ2n) is 4.55. The Morgan fingerprint density at radius 2 is 1.94 bits per heavy atom. The molecule has 0 aliphatic heterocycles. The first-order chi connectivity index (χ1) is 7.56. The van der Waals surface area contributed by atoms with Crippen molar-refractivity contribution in [1.82, 2.24) is 5.32 Å². The van der Waals surface area contributed by atoms with Crippen LogP contribution < -0.4 is 5.32 Å². The van der Waals surface area contributed by atoms with E-state index in [0.29, 0.717) is 25.1 Å². The average molecular weight is 249 g/mol. The van der Waals surface area contributed by atoms with Crippen LogP contribution in [0.2, 0.25) is 0 Å². The van der Waals surface area contributed by atoms with Crippen molar-refractivity contribution in [2.45, 2.75) is 39.8 Å². The molecule has 0 aliphatic carbocycles. The number of aliphatic hydroxyl groups is 1. The van der Waals surface area contributed by atoms with E-state index in [1.165, 1.54) is 0 Å². The fourth-order valence-electron chi connectivity index (χ4n) is 1.19. The van der Waals surface area contributed by atoms with Gasteiger partial charge in [0.2, 0.25) is 0 Å². The Hall–Kier alpha value is 0.230. The Kier molecular flexibility index (Phi) is 10.5. The van der Waals surface area contributed by atoms with Crippen LogP contribution in [-0.2, 0) is 4.74 Å². The molecule has 0 aromatic carbocycles. The van der Waals surface area contributed by atoms with Crippen molar-refractivity contribution in [3.63, 3.8) is 0 Å². The van der Waals surface area contributed by atoms with E-state index in [4.69, 9.17) is 4.74 Å². The Morgan fingerprint density at radius 1 is 1.25 bits per heavy atom. The van der Waals surface area contributed by atoms with Gasteiger partial charge in [0.1, 0.15) is 0 Å². The van der Waals surface area contributed by atoms with Gasteiger partial charge in [-0.2, -0.15) is 11.8 Å². The molecule has 0 saturated carbocycles. The van der Waals surface area contributed by atoms with Crippen molar-refractivity contribution in [2.75, 3.05) is 31.3 Å². The van der Waals surface area contributed by atoms with Crippen molar-refractivity contribution < 1.29 is 9.84 Å². The molecule has 0 saturated heterocycles. The molecule has 0 rings (SSSR count). The van der Waals surface area contributed by atoms with Crippen molar-refractivity contribution in [1.29, 1.82) is 0 Å². The Labute approximate surface area is 104 Å². The number of ether oxygens (including phenoxy) is 1. The molecular formula is C12H27NO2S. The maximum absolute atomic E-state index is 9.64. The summed E-state index contributed by atoms with van der Waals surface area (Å²) in [5, 5.41) is 12.9. The molecule has 0 aromatic heterocycles. The van der Waals surface area contributed by atoms with Gasteiger partial charge in [0.25, 0.3) is 0 Å². The lowest BCUT2D eigenvalue weighted by Gasteiger charge is -2.17. The van der Waals surface area contributed by atoms with Crippen LogP contribution in [0.25, 0.3) is 0 Å². The van der Waals surface area contributed by atoms with Gasteiger partial charge < -0.3 is 15.2 Å². The Balaban J connectivity index is 3.38. The monoisotopic (exact) mass is 249 g/mol. The lowest BCUT2D eigenvalue weighted by Crippen LogP contribution is -2.37. The summed E-state index contributed by atoms with van der Waals surface area (Å²) < 4.78 is 5.38. The molecule has 0 spiro atoms. The van der Waals surface area contributed by atoms with Crippen LogP contribution in [0.5, 0.6) is 0 Å². The summed E-state index contributed by atoms with van der Waals surface area (Å²) in [6.07, 6.45) is -0.396. The van der Waals surface area contributed by atoms with E-state index >= 15 is 0 Å². The minimum absolute atomic E-state index is 0.396. The lowest BCUT2D eigenvalue weighted by atomic mass is 10.2. The van der Waals surface area contributed by atoms with Gasteiger partial charge in [-0.3, -0.25) is 0 Å². The fraction of sp³-hybridized carbons (Fsp3) is 1.00. The zero-order chi connectivity index (χ0) is 12.4. The van der Waals surface area contributed by atoms with E-state index in [9.17, 15) is 5.11 Å².